The van der Waals surface area contributed by atoms with E-state index < -0.39 is 35.4 Å². The molecule has 17 heavy (non-hydrogen) atoms. The average molecular weight is 233 g/mol. The summed E-state index contributed by atoms with van der Waals surface area (Å²) in [5.74, 6) is -3.48. The van der Waals surface area contributed by atoms with E-state index in [1.54, 1.807) is 35.6 Å². The van der Waals surface area contributed by atoms with E-state index in [2.05, 4.69) is 0 Å². The lowest BCUT2D eigenvalue weighted by atomic mass is 10.0. The minimum atomic E-state index is -1.17. The average Bonchev–Trinajstić information content (AvgIpc) is 2.57. The van der Waals surface area contributed by atoms with Crippen molar-refractivity contribution in [2.45, 2.75) is 6.42 Å². The minimum absolute atomic E-state index is 0.375. The summed E-state index contributed by atoms with van der Waals surface area (Å²) in [6.45, 7) is 0. The summed E-state index contributed by atoms with van der Waals surface area (Å²) in [7, 11) is 0. The first-order valence-corrected chi connectivity index (χ1v) is 4.92. The summed E-state index contributed by atoms with van der Waals surface area (Å²) in [4.78, 5) is 33.7. The topological polar surface area (TPSA) is 63.2 Å². The number of benzene rings is 1. The van der Waals surface area contributed by atoms with Crippen LogP contribution in [0.15, 0.2) is 41.7 Å². The number of hydrogen-bond donors (Lipinski definition) is 1. The van der Waals surface area contributed by atoms with Crippen molar-refractivity contribution in [1.82, 2.24) is 5.32 Å². The molecule has 0 radical (unpaired) electrons. The minimum Gasteiger partial charge on any atom is -0.294 e. The summed E-state index contributed by atoms with van der Waals surface area (Å²) in [6.07, 6.45) is -0.409. The van der Waals surface area contributed by atoms with Crippen molar-refractivity contribution in [2.75, 3.05) is 0 Å². The Morgan fingerprint density at radius 1 is 1.12 bits per heavy atom. The number of imide groups is 1. The van der Waals surface area contributed by atoms with Gasteiger partial charge in [-0.2, -0.15) is 0 Å². The molecule has 0 bridgehead atoms. The van der Waals surface area contributed by atoms with Crippen molar-refractivity contribution < 1.29 is 18.8 Å². The quantitative estimate of drug-likeness (QED) is 0.629. The summed E-state index contributed by atoms with van der Waals surface area (Å²) in [5.41, 5.74) is -0.0243. The van der Waals surface area contributed by atoms with Gasteiger partial charge in [-0.1, -0.05) is 30.3 Å². The van der Waals surface area contributed by atoms with Crippen molar-refractivity contribution in [3.05, 3.63) is 47.3 Å². The van der Waals surface area contributed by atoms with Gasteiger partial charge in [0.2, 0.25) is 0 Å². The van der Waals surface area contributed by atoms with Crippen LogP contribution in [0.4, 0.5) is 4.39 Å². The zero-order valence-corrected chi connectivity index (χ0v) is 8.70. The second-order valence-corrected chi connectivity index (χ2v) is 3.54. The van der Waals surface area contributed by atoms with Gasteiger partial charge in [-0.25, -0.2) is 4.39 Å². The van der Waals surface area contributed by atoms with Gasteiger partial charge < -0.3 is 0 Å². The molecular formula is C12H8FNO3. The van der Waals surface area contributed by atoms with Crippen LogP contribution in [0.1, 0.15) is 16.8 Å². The lowest BCUT2D eigenvalue weighted by Gasteiger charge is -1.99. The Morgan fingerprint density at radius 2 is 1.76 bits per heavy atom. The van der Waals surface area contributed by atoms with E-state index in [-0.39, 0.29) is 0 Å². The van der Waals surface area contributed by atoms with Gasteiger partial charge in [-0.05, 0) is 0 Å². The molecule has 2 rings (SSSR count). The molecule has 0 aliphatic carbocycles. The van der Waals surface area contributed by atoms with Crippen LogP contribution < -0.4 is 5.32 Å². The number of carbonyl (C=O) groups excluding carboxylic acids is 3. The zero-order valence-electron chi connectivity index (χ0n) is 8.70. The van der Waals surface area contributed by atoms with Gasteiger partial charge in [0.25, 0.3) is 11.8 Å². The molecule has 0 fully saturated rings. The normalized spacial score (nSPS) is 15.1. The fraction of sp³-hybridized carbons (Fsp3) is 0.0833. The molecule has 1 aromatic rings. The van der Waals surface area contributed by atoms with Gasteiger partial charge in [-0.15, -0.1) is 0 Å². The third kappa shape index (κ3) is 2.13. The highest BCUT2D eigenvalue weighted by Crippen LogP contribution is 2.19. The molecule has 86 valence electrons. The Kier molecular flexibility index (Phi) is 2.82. The van der Waals surface area contributed by atoms with Crippen LogP contribution in [0.25, 0.3) is 0 Å². The fourth-order valence-corrected chi connectivity index (χ4v) is 1.51. The number of amides is 2. The molecule has 2 amide bonds. The fourth-order valence-electron chi connectivity index (χ4n) is 1.51. The Bertz CT molecular complexity index is 534. The number of carbonyl (C=O) groups is 3. The van der Waals surface area contributed by atoms with E-state index in [0.29, 0.717) is 5.56 Å². The second-order valence-electron chi connectivity index (χ2n) is 3.54. The predicted octanol–water partition coefficient (Wildman–Crippen LogP) is 1.14. The van der Waals surface area contributed by atoms with E-state index in [1.807, 2.05) is 0 Å². The molecule has 1 aliphatic rings. The Labute approximate surface area is 96.1 Å². The van der Waals surface area contributed by atoms with E-state index in [1.165, 1.54) is 0 Å². The third-order valence-corrected chi connectivity index (χ3v) is 2.40. The first-order chi connectivity index (χ1) is 8.09. The van der Waals surface area contributed by atoms with E-state index in [0.717, 1.165) is 0 Å². The van der Waals surface area contributed by atoms with Gasteiger partial charge in [-0.3, -0.25) is 19.7 Å². The maximum atomic E-state index is 13.2. The summed E-state index contributed by atoms with van der Waals surface area (Å²) in [5, 5.41) is 1.79. The SMILES string of the molecule is O=C1NC(=O)C(CC(=O)c2ccccc2)=C1F. The number of hydrogen-bond acceptors (Lipinski definition) is 3. The molecule has 1 heterocycles. The lowest BCUT2D eigenvalue weighted by molar-refractivity contribution is -0.124. The van der Waals surface area contributed by atoms with Crippen LogP contribution in [0, 0.1) is 0 Å². The molecular weight excluding hydrogens is 225 g/mol. The summed E-state index contributed by atoms with van der Waals surface area (Å²) < 4.78 is 13.2. The van der Waals surface area contributed by atoms with Gasteiger partial charge in [0, 0.05) is 12.0 Å². The Hall–Kier alpha value is -2.30. The number of ketones is 1. The number of Topliss-reactive ketones (excluding diaryl/α,β-unsaturated/α-hetero) is 1. The van der Waals surface area contributed by atoms with Gasteiger partial charge >= 0.3 is 0 Å². The first kappa shape index (κ1) is 11.2. The highest BCUT2D eigenvalue weighted by Gasteiger charge is 2.31. The van der Waals surface area contributed by atoms with E-state index >= 15 is 0 Å². The highest BCUT2D eigenvalue weighted by atomic mass is 19.1. The number of nitrogens with one attached hydrogen (secondary N) is 1. The molecule has 1 N–H and O–H groups in total. The molecule has 0 aromatic heterocycles. The summed E-state index contributed by atoms with van der Waals surface area (Å²) >= 11 is 0. The Morgan fingerprint density at radius 3 is 2.29 bits per heavy atom. The van der Waals surface area contributed by atoms with Crippen LogP contribution in [0.2, 0.25) is 0 Å². The largest absolute Gasteiger partial charge is 0.294 e. The molecule has 1 aromatic carbocycles. The number of halogens is 1. The molecule has 1 aliphatic heterocycles. The van der Waals surface area contributed by atoms with Crippen LogP contribution in [-0.4, -0.2) is 17.6 Å². The number of rotatable bonds is 3. The molecule has 4 nitrogen and oxygen atoms in total. The van der Waals surface area contributed by atoms with Crippen molar-refractivity contribution in [1.29, 1.82) is 0 Å². The third-order valence-electron chi connectivity index (χ3n) is 2.40. The maximum Gasteiger partial charge on any atom is 0.287 e. The van der Waals surface area contributed by atoms with E-state index in [9.17, 15) is 18.8 Å². The second kappa shape index (κ2) is 4.29. The van der Waals surface area contributed by atoms with Crippen LogP contribution in [-0.2, 0) is 9.59 Å². The lowest BCUT2D eigenvalue weighted by Crippen LogP contribution is -2.23. The zero-order chi connectivity index (χ0) is 12.4. The van der Waals surface area contributed by atoms with Gasteiger partial charge in [0.15, 0.2) is 11.6 Å². The molecule has 0 spiro atoms. The molecule has 0 saturated heterocycles. The summed E-state index contributed by atoms with van der Waals surface area (Å²) in [6, 6.07) is 8.20. The standard InChI is InChI=1S/C12H8FNO3/c13-10-8(11(16)14-12(10)17)6-9(15)7-4-2-1-3-5-7/h1-5H,6H2,(H,14,16,17). The van der Waals surface area contributed by atoms with Gasteiger partial charge in [0.1, 0.15) is 0 Å². The van der Waals surface area contributed by atoms with Crippen molar-refractivity contribution in [3.8, 4) is 0 Å². The first-order valence-electron chi connectivity index (χ1n) is 4.92. The van der Waals surface area contributed by atoms with Crippen molar-refractivity contribution in [2.24, 2.45) is 0 Å². The smallest absolute Gasteiger partial charge is 0.287 e. The molecule has 0 atom stereocenters. The molecule has 5 heteroatoms. The Balaban J connectivity index is 2.21. The monoisotopic (exact) mass is 233 g/mol. The molecule has 0 saturated carbocycles. The maximum absolute atomic E-state index is 13.2. The van der Waals surface area contributed by atoms with Crippen LogP contribution >= 0.6 is 0 Å². The van der Waals surface area contributed by atoms with Gasteiger partial charge in [0.05, 0.1) is 5.57 Å². The highest BCUT2D eigenvalue weighted by molar-refractivity contribution is 6.20. The predicted molar refractivity (Wildman–Crippen MR) is 56.7 cm³/mol. The van der Waals surface area contributed by atoms with E-state index in [4.69, 9.17) is 0 Å². The van der Waals surface area contributed by atoms with Crippen LogP contribution in [0.5, 0.6) is 0 Å². The molecule has 0 unspecified atom stereocenters. The van der Waals surface area contributed by atoms with Crippen molar-refractivity contribution in [3.63, 3.8) is 0 Å². The van der Waals surface area contributed by atoms with Crippen molar-refractivity contribution >= 4 is 17.6 Å². The van der Waals surface area contributed by atoms with Crippen LogP contribution in [0.3, 0.4) is 0 Å².